The van der Waals surface area contributed by atoms with Crippen LogP contribution in [-0.4, -0.2) is 5.54 Å². The van der Waals surface area contributed by atoms with Gasteiger partial charge in [0, 0.05) is 11.3 Å². The Kier molecular flexibility index (Phi) is 5.87. The van der Waals surface area contributed by atoms with Crippen LogP contribution in [-0.2, 0) is 5.41 Å². The Morgan fingerprint density at radius 2 is 1.15 bits per heavy atom. The van der Waals surface area contributed by atoms with Crippen molar-refractivity contribution < 1.29 is 0 Å². The first-order valence-electron chi connectivity index (χ1n) is 12.4. The Bertz CT molecular complexity index is 1190. The molecule has 1 aliphatic rings. The van der Waals surface area contributed by atoms with Crippen molar-refractivity contribution >= 4 is 11.3 Å². The molecule has 0 spiro atoms. The van der Waals surface area contributed by atoms with Gasteiger partial charge in [0.2, 0.25) is 0 Å². The van der Waals surface area contributed by atoms with Gasteiger partial charge in [0.05, 0.1) is 11.0 Å². The zero-order valence-electron chi connectivity index (χ0n) is 20.4. The Balaban J connectivity index is 1.83. The van der Waals surface area contributed by atoms with Crippen LogP contribution in [0.1, 0.15) is 61.4 Å². The molecule has 0 radical (unpaired) electrons. The van der Waals surface area contributed by atoms with E-state index in [0.29, 0.717) is 0 Å². The molecule has 0 fully saturated rings. The summed E-state index contributed by atoms with van der Waals surface area (Å²) < 4.78 is 0. The monoisotopic (exact) mass is 443 g/mol. The van der Waals surface area contributed by atoms with Crippen LogP contribution in [0.2, 0.25) is 0 Å². The maximum Gasteiger partial charge on any atom is 0.0701 e. The number of hydrogen-bond donors (Lipinski definition) is 1. The second-order valence-corrected chi connectivity index (χ2v) is 9.53. The third-order valence-corrected chi connectivity index (χ3v) is 7.45. The van der Waals surface area contributed by atoms with Crippen LogP contribution in [0.5, 0.6) is 0 Å². The molecule has 1 nitrogen and oxygen atoms in total. The van der Waals surface area contributed by atoms with E-state index in [1.807, 2.05) is 0 Å². The lowest BCUT2D eigenvalue weighted by Crippen LogP contribution is -2.35. The minimum Gasteiger partial charge on any atom is -0.376 e. The lowest BCUT2D eigenvalue weighted by molar-refractivity contribution is 0.607. The molecule has 0 bridgehead atoms. The summed E-state index contributed by atoms with van der Waals surface area (Å²) in [5, 5.41) is 3.81. The Hall–Kier alpha value is -3.58. The summed E-state index contributed by atoms with van der Waals surface area (Å²) in [6.45, 7) is 6.81. The van der Waals surface area contributed by atoms with E-state index in [9.17, 15) is 0 Å². The van der Waals surface area contributed by atoms with Gasteiger partial charge >= 0.3 is 0 Å². The molecule has 0 amide bonds. The van der Waals surface area contributed by atoms with Crippen LogP contribution >= 0.6 is 0 Å². The molecule has 0 saturated carbocycles. The van der Waals surface area contributed by atoms with Crippen molar-refractivity contribution in [3.8, 4) is 0 Å². The molecule has 0 aliphatic carbocycles. The summed E-state index contributed by atoms with van der Waals surface area (Å²) in [7, 11) is 0. The van der Waals surface area contributed by atoms with Crippen LogP contribution in [0.4, 0.5) is 5.69 Å². The molecule has 1 heteroatoms. The predicted octanol–water partition coefficient (Wildman–Crippen LogP) is 8.46. The quantitative estimate of drug-likeness (QED) is 0.295. The van der Waals surface area contributed by atoms with Crippen LogP contribution in [0.25, 0.3) is 5.57 Å². The lowest BCUT2D eigenvalue weighted by Gasteiger charge is -2.39. The highest BCUT2D eigenvalue weighted by Crippen LogP contribution is 2.47. The Labute approximate surface area is 204 Å². The van der Waals surface area contributed by atoms with Gasteiger partial charge in [-0.05, 0) is 59.7 Å². The molecule has 1 heterocycles. The standard InChI is InChI=1S/C33H33N/c1-4-25-24-32(3,5-2)34-31-22-21-29(23-30(25)31)33(26-15-9-6-10-16-26,27-17-11-7-12-18-27)28-19-13-8-14-20-28/h6-24,34H,4-5H2,1-3H3/t32-/m0/s1. The van der Waals surface area contributed by atoms with Gasteiger partial charge in [-0.1, -0.05) is 117 Å². The third-order valence-electron chi connectivity index (χ3n) is 7.45. The predicted molar refractivity (Wildman–Crippen MR) is 145 cm³/mol. The summed E-state index contributed by atoms with van der Waals surface area (Å²) in [4.78, 5) is 0. The summed E-state index contributed by atoms with van der Waals surface area (Å²) >= 11 is 0. The Morgan fingerprint density at radius 1 is 0.647 bits per heavy atom. The van der Waals surface area contributed by atoms with Gasteiger partial charge in [0.1, 0.15) is 0 Å². The molecule has 0 aromatic heterocycles. The number of allylic oxidation sites excluding steroid dienone is 1. The minimum atomic E-state index is -0.414. The summed E-state index contributed by atoms with van der Waals surface area (Å²) in [5.41, 5.74) is 8.66. The third kappa shape index (κ3) is 3.66. The van der Waals surface area contributed by atoms with Crippen molar-refractivity contribution in [3.05, 3.63) is 143 Å². The largest absolute Gasteiger partial charge is 0.376 e. The molecule has 4 aromatic carbocycles. The van der Waals surface area contributed by atoms with Gasteiger partial charge in [0.25, 0.3) is 0 Å². The average Bonchev–Trinajstić information content (AvgIpc) is 2.91. The number of anilines is 1. The lowest BCUT2D eigenvalue weighted by atomic mass is 9.64. The first kappa shape index (κ1) is 22.2. The molecule has 170 valence electrons. The minimum absolute atomic E-state index is 0.00472. The molecular weight excluding hydrogens is 410 g/mol. The fraction of sp³-hybridized carbons (Fsp3) is 0.212. The number of rotatable bonds is 6. The number of fused-ring (bicyclic) bond motifs is 1. The van der Waals surface area contributed by atoms with Gasteiger partial charge in [-0.25, -0.2) is 0 Å². The summed E-state index contributed by atoms with van der Waals surface area (Å²) in [5.74, 6) is 0. The zero-order valence-corrected chi connectivity index (χ0v) is 20.4. The number of benzene rings is 4. The van der Waals surface area contributed by atoms with Gasteiger partial charge in [-0.15, -0.1) is 0 Å². The molecule has 0 saturated heterocycles. The summed E-state index contributed by atoms with van der Waals surface area (Å²) in [6.07, 6.45) is 4.51. The zero-order chi connectivity index (χ0) is 23.6. The number of hydrogen-bond acceptors (Lipinski definition) is 1. The van der Waals surface area contributed by atoms with E-state index in [1.165, 1.54) is 39.1 Å². The maximum atomic E-state index is 3.81. The second kappa shape index (κ2) is 8.99. The maximum absolute atomic E-state index is 3.81. The van der Waals surface area contributed by atoms with Crippen molar-refractivity contribution in [2.24, 2.45) is 0 Å². The SMILES string of the molecule is CCC1=C[C@](C)(CC)Nc2ccc(C(c3ccccc3)(c3ccccc3)c3ccccc3)cc21. The van der Waals surface area contributed by atoms with Crippen LogP contribution in [0, 0.1) is 0 Å². The first-order valence-corrected chi connectivity index (χ1v) is 12.4. The van der Waals surface area contributed by atoms with Crippen molar-refractivity contribution in [2.45, 2.75) is 44.6 Å². The molecule has 0 unspecified atom stereocenters. The van der Waals surface area contributed by atoms with E-state index in [1.54, 1.807) is 0 Å². The van der Waals surface area contributed by atoms with E-state index in [0.717, 1.165) is 12.8 Å². The molecule has 4 aromatic rings. The van der Waals surface area contributed by atoms with E-state index in [2.05, 4.69) is 141 Å². The highest BCUT2D eigenvalue weighted by atomic mass is 15.0. The van der Waals surface area contributed by atoms with Gasteiger partial charge < -0.3 is 5.32 Å². The van der Waals surface area contributed by atoms with Crippen LogP contribution < -0.4 is 5.32 Å². The van der Waals surface area contributed by atoms with Crippen LogP contribution in [0.15, 0.2) is 115 Å². The van der Waals surface area contributed by atoms with Crippen molar-refractivity contribution in [1.82, 2.24) is 0 Å². The van der Waals surface area contributed by atoms with Crippen molar-refractivity contribution in [1.29, 1.82) is 0 Å². The smallest absolute Gasteiger partial charge is 0.0701 e. The Morgan fingerprint density at radius 3 is 1.59 bits per heavy atom. The van der Waals surface area contributed by atoms with Gasteiger partial charge in [-0.2, -0.15) is 0 Å². The van der Waals surface area contributed by atoms with Crippen LogP contribution in [0.3, 0.4) is 0 Å². The number of nitrogens with one attached hydrogen (secondary N) is 1. The van der Waals surface area contributed by atoms with E-state index < -0.39 is 5.41 Å². The highest BCUT2D eigenvalue weighted by Gasteiger charge is 2.39. The van der Waals surface area contributed by atoms with Crippen molar-refractivity contribution in [3.63, 3.8) is 0 Å². The highest BCUT2D eigenvalue weighted by molar-refractivity contribution is 5.82. The molecule has 34 heavy (non-hydrogen) atoms. The fourth-order valence-corrected chi connectivity index (χ4v) is 5.51. The topological polar surface area (TPSA) is 12.0 Å². The van der Waals surface area contributed by atoms with Gasteiger partial charge in [0.15, 0.2) is 0 Å². The fourth-order valence-electron chi connectivity index (χ4n) is 5.51. The van der Waals surface area contributed by atoms with Gasteiger partial charge in [-0.3, -0.25) is 0 Å². The summed E-state index contributed by atoms with van der Waals surface area (Å²) in [6, 6.07) is 39.9. The first-order chi connectivity index (χ1) is 16.6. The molecule has 1 N–H and O–H groups in total. The average molecular weight is 444 g/mol. The molecule has 5 rings (SSSR count). The molecule has 1 atom stereocenters. The van der Waals surface area contributed by atoms with E-state index in [-0.39, 0.29) is 5.54 Å². The van der Waals surface area contributed by atoms with Crippen molar-refractivity contribution in [2.75, 3.05) is 5.32 Å². The van der Waals surface area contributed by atoms with E-state index in [4.69, 9.17) is 0 Å². The second-order valence-electron chi connectivity index (χ2n) is 9.53. The molecular formula is C33H33N. The normalized spacial score (nSPS) is 17.4. The van der Waals surface area contributed by atoms with E-state index >= 15 is 0 Å². The molecule has 1 aliphatic heterocycles.